The zero-order chi connectivity index (χ0) is 20.2. The molecule has 0 atom stereocenters. The van der Waals surface area contributed by atoms with Gasteiger partial charge in [-0.25, -0.2) is 0 Å². The zero-order valence-corrected chi connectivity index (χ0v) is 16.6. The number of ketones is 1. The Morgan fingerprint density at radius 1 is 0.600 bits per heavy atom. The second kappa shape index (κ2) is 6.40. The largest absolute Gasteiger partial charge is 0.289 e. The number of carbonyl (C=O) groups excluding carboxylic acids is 1. The highest BCUT2D eigenvalue weighted by molar-refractivity contribution is 6.12. The van der Waals surface area contributed by atoms with E-state index in [1.807, 2.05) is 0 Å². The van der Waals surface area contributed by atoms with Crippen LogP contribution in [0, 0.1) is 0 Å². The lowest BCUT2D eigenvalue weighted by molar-refractivity contribution is 0.104. The zero-order valence-electron chi connectivity index (χ0n) is 16.6. The van der Waals surface area contributed by atoms with Gasteiger partial charge in [0.15, 0.2) is 5.78 Å². The van der Waals surface area contributed by atoms with Crippen molar-refractivity contribution in [1.82, 2.24) is 0 Å². The van der Waals surface area contributed by atoms with Gasteiger partial charge >= 0.3 is 0 Å². The topological polar surface area (TPSA) is 17.1 Å². The second-order valence-electron chi connectivity index (χ2n) is 8.08. The standard InChI is InChI=1S/C29H20O/c1-2-28(30)29-25(15-14-24-21-11-6-4-9-19(21)17-27(24)29)23-13-7-12-22-20-10-5-3-8-18(20)16-26(22)23/h2-15H,1,16-17H2. The lowest BCUT2D eigenvalue weighted by Gasteiger charge is -2.16. The summed E-state index contributed by atoms with van der Waals surface area (Å²) >= 11 is 0. The predicted molar refractivity (Wildman–Crippen MR) is 123 cm³/mol. The van der Waals surface area contributed by atoms with E-state index in [0.29, 0.717) is 0 Å². The Bertz CT molecular complexity index is 1370. The molecule has 0 saturated heterocycles. The smallest absolute Gasteiger partial charge is 0.186 e. The monoisotopic (exact) mass is 384 g/mol. The van der Waals surface area contributed by atoms with Crippen LogP contribution in [0.5, 0.6) is 0 Å². The van der Waals surface area contributed by atoms with E-state index in [2.05, 4.69) is 85.4 Å². The van der Waals surface area contributed by atoms with Gasteiger partial charge in [0.05, 0.1) is 0 Å². The van der Waals surface area contributed by atoms with E-state index < -0.39 is 0 Å². The maximum absolute atomic E-state index is 13.1. The molecule has 6 rings (SSSR count). The van der Waals surface area contributed by atoms with Gasteiger partial charge in [-0.2, -0.15) is 0 Å². The van der Waals surface area contributed by atoms with Crippen LogP contribution < -0.4 is 0 Å². The molecule has 1 heteroatoms. The summed E-state index contributed by atoms with van der Waals surface area (Å²) in [6.07, 6.45) is 3.16. The maximum atomic E-state index is 13.1. The highest BCUT2D eigenvalue weighted by Gasteiger charge is 2.28. The van der Waals surface area contributed by atoms with Crippen LogP contribution in [0.4, 0.5) is 0 Å². The molecule has 0 radical (unpaired) electrons. The fourth-order valence-electron chi connectivity index (χ4n) is 5.23. The Labute approximate surface area is 176 Å². The first-order valence-electron chi connectivity index (χ1n) is 10.4. The van der Waals surface area contributed by atoms with Crippen LogP contribution in [0.3, 0.4) is 0 Å². The molecule has 0 unspecified atom stereocenters. The third-order valence-corrected chi connectivity index (χ3v) is 6.56. The molecule has 0 fully saturated rings. The first-order valence-corrected chi connectivity index (χ1v) is 10.4. The van der Waals surface area contributed by atoms with Crippen molar-refractivity contribution in [3.63, 3.8) is 0 Å². The van der Waals surface area contributed by atoms with Crippen LogP contribution in [0.15, 0.2) is 91.5 Å². The number of allylic oxidation sites excluding steroid dienone is 1. The summed E-state index contributed by atoms with van der Waals surface area (Å²) < 4.78 is 0. The first kappa shape index (κ1) is 17.2. The lowest BCUT2D eigenvalue weighted by atomic mass is 9.86. The molecule has 0 aliphatic heterocycles. The SMILES string of the molecule is C=CC(=O)c1c(-c2cccc3c2Cc2ccccc2-3)ccc2c1Cc1ccccc1-2. The minimum absolute atomic E-state index is 0.00257. The van der Waals surface area contributed by atoms with Crippen molar-refractivity contribution in [2.45, 2.75) is 12.8 Å². The molecule has 2 aliphatic carbocycles. The molecule has 0 amide bonds. The lowest BCUT2D eigenvalue weighted by Crippen LogP contribution is -2.04. The van der Waals surface area contributed by atoms with Gasteiger partial charge in [-0.1, -0.05) is 85.4 Å². The number of rotatable bonds is 3. The van der Waals surface area contributed by atoms with Crippen LogP contribution in [0.1, 0.15) is 32.6 Å². The number of benzene rings is 4. The summed E-state index contributed by atoms with van der Waals surface area (Å²) in [5.74, 6) is 0.00257. The summed E-state index contributed by atoms with van der Waals surface area (Å²) in [5.41, 5.74) is 13.1. The molecular weight excluding hydrogens is 364 g/mol. The van der Waals surface area contributed by atoms with Crippen LogP contribution >= 0.6 is 0 Å². The predicted octanol–water partition coefficient (Wildman–Crippen LogP) is 6.86. The van der Waals surface area contributed by atoms with E-state index in [9.17, 15) is 4.79 Å². The van der Waals surface area contributed by atoms with Crippen LogP contribution in [-0.4, -0.2) is 5.78 Å². The molecule has 142 valence electrons. The van der Waals surface area contributed by atoms with E-state index in [-0.39, 0.29) is 5.78 Å². The molecule has 0 heterocycles. The number of carbonyl (C=O) groups is 1. The molecule has 0 bridgehead atoms. The minimum Gasteiger partial charge on any atom is -0.289 e. The maximum Gasteiger partial charge on any atom is 0.186 e. The fraction of sp³-hybridized carbons (Fsp3) is 0.0690. The molecule has 2 aliphatic rings. The van der Waals surface area contributed by atoms with E-state index in [1.54, 1.807) is 0 Å². The molecule has 4 aromatic carbocycles. The van der Waals surface area contributed by atoms with Crippen molar-refractivity contribution in [1.29, 1.82) is 0 Å². The molecule has 0 spiro atoms. The van der Waals surface area contributed by atoms with Gasteiger partial charge < -0.3 is 0 Å². The van der Waals surface area contributed by atoms with Crippen LogP contribution in [0.25, 0.3) is 33.4 Å². The van der Waals surface area contributed by atoms with Gasteiger partial charge in [-0.15, -0.1) is 0 Å². The van der Waals surface area contributed by atoms with Crippen molar-refractivity contribution < 1.29 is 4.79 Å². The summed E-state index contributed by atoms with van der Waals surface area (Å²) in [6, 6.07) is 27.8. The molecule has 30 heavy (non-hydrogen) atoms. The molecule has 0 saturated carbocycles. The number of hydrogen-bond donors (Lipinski definition) is 0. The van der Waals surface area contributed by atoms with Crippen molar-refractivity contribution in [3.8, 4) is 33.4 Å². The van der Waals surface area contributed by atoms with Crippen LogP contribution in [-0.2, 0) is 12.8 Å². The van der Waals surface area contributed by atoms with Crippen molar-refractivity contribution >= 4 is 5.78 Å². The van der Waals surface area contributed by atoms with Crippen molar-refractivity contribution in [2.75, 3.05) is 0 Å². The van der Waals surface area contributed by atoms with E-state index in [1.165, 1.54) is 45.0 Å². The van der Waals surface area contributed by atoms with Gasteiger partial charge in [0.2, 0.25) is 0 Å². The van der Waals surface area contributed by atoms with E-state index in [4.69, 9.17) is 0 Å². The molecule has 1 nitrogen and oxygen atoms in total. The van der Waals surface area contributed by atoms with Crippen molar-refractivity contribution in [2.24, 2.45) is 0 Å². The average Bonchev–Trinajstić information content (AvgIpc) is 3.36. The fourth-order valence-corrected chi connectivity index (χ4v) is 5.23. The van der Waals surface area contributed by atoms with E-state index >= 15 is 0 Å². The van der Waals surface area contributed by atoms with Gasteiger partial charge in [0, 0.05) is 5.56 Å². The summed E-state index contributed by atoms with van der Waals surface area (Å²) in [4.78, 5) is 13.1. The Morgan fingerprint density at radius 3 is 1.77 bits per heavy atom. The van der Waals surface area contributed by atoms with E-state index in [0.717, 1.165) is 35.1 Å². The average molecular weight is 384 g/mol. The number of hydrogen-bond acceptors (Lipinski definition) is 1. The molecule has 0 aromatic heterocycles. The van der Waals surface area contributed by atoms with Gasteiger partial charge in [0.1, 0.15) is 0 Å². The second-order valence-corrected chi connectivity index (χ2v) is 8.08. The van der Waals surface area contributed by atoms with Gasteiger partial charge in [0.25, 0.3) is 0 Å². The molecular formula is C29H20O. The highest BCUT2D eigenvalue weighted by Crippen LogP contribution is 2.46. The summed E-state index contributed by atoms with van der Waals surface area (Å²) in [5, 5.41) is 0. The first-order chi connectivity index (χ1) is 14.8. The Hall–Kier alpha value is -3.71. The third-order valence-electron chi connectivity index (χ3n) is 6.56. The highest BCUT2D eigenvalue weighted by atomic mass is 16.1. The Morgan fingerprint density at radius 2 is 1.10 bits per heavy atom. The van der Waals surface area contributed by atoms with Gasteiger partial charge in [-0.3, -0.25) is 4.79 Å². The number of fused-ring (bicyclic) bond motifs is 6. The Kier molecular flexibility index (Phi) is 3.66. The molecule has 4 aromatic rings. The quantitative estimate of drug-likeness (QED) is 0.240. The van der Waals surface area contributed by atoms with Gasteiger partial charge in [-0.05, 0) is 74.6 Å². The third kappa shape index (κ3) is 2.32. The Balaban J connectivity index is 1.60. The molecule has 0 N–H and O–H groups in total. The van der Waals surface area contributed by atoms with Crippen molar-refractivity contribution in [3.05, 3.63) is 119 Å². The minimum atomic E-state index is 0.00257. The van der Waals surface area contributed by atoms with Crippen LogP contribution in [0.2, 0.25) is 0 Å². The normalized spacial score (nSPS) is 12.7. The summed E-state index contributed by atoms with van der Waals surface area (Å²) in [7, 11) is 0. The summed E-state index contributed by atoms with van der Waals surface area (Å²) in [6.45, 7) is 3.80.